The van der Waals surface area contributed by atoms with Gasteiger partial charge >= 0.3 is 0 Å². The molecule has 7 heteroatoms. The number of methoxy groups -OCH3 is 1. The third kappa shape index (κ3) is 3.92. The maximum Gasteiger partial charge on any atom is 0.255 e. The Morgan fingerprint density at radius 1 is 1.20 bits per heavy atom. The molecule has 0 aliphatic rings. The number of benzene rings is 2. The van der Waals surface area contributed by atoms with Crippen LogP contribution in [0.3, 0.4) is 0 Å². The van der Waals surface area contributed by atoms with E-state index >= 15 is 0 Å². The maximum absolute atomic E-state index is 12.5. The molecule has 0 atom stereocenters. The predicted molar refractivity (Wildman–Crippen MR) is 103 cm³/mol. The van der Waals surface area contributed by atoms with Crippen molar-refractivity contribution in [2.45, 2.75) is 0 Å². The van der Waals surface area contributed by atoms with Gasteiger partial charge in [0.2, 0.25) is 0 Å². The highest BCUT2D eigenvalue weighted by Gasteiger charge is 2.12. The summed E-state index contributed by atoms with van der Waals surface area (Å²) in [6, 6.07) is 12.3. The van der Waals surface area contributed by atoms with Crippen LogP contribution in [0.2, 0.25) is 5.02 Å². The summed E-state index contributed by atoms with van der Waals surface area (Å²) >= 11 is 7.38. The van der Waals surface area contributed by atoms with Crippen molar-refractivity contribution < 1.29 is 9.53 Å². The number of hydrogen-bond acceptors (Lipinski definition) is 5. The molecule has 1 amide bonds. The van der Waals surface area contributed by atoms with Crippen LogP contribution in [0.4, 0.5) is 10.8 Å². The number of amides is 1. The van der Waals surface area contributed by atoms with E-state index in [9.17, 15) is 4.79 Å². The topological polar surface area (TPSA) is 63.3 Å². The van der Waals surface area contributed by atoms with Crippen LogP contribution in [0.1, 0.15) is 10.4 Å². The van der Waals surface area contributed by atoms with Crippen molar-refractivity contribution in [3.05, 3.63) is 58.4 Å². The summed E-state index contributed by atoms with van der Waals surface area (Å²) in [7, 11) is 3.39. The van der Waals surface area contributed by atoms with Gasteiger partial charge < -0.3 is 15.4 Å². The minimum absolute atomic E-state index is 0.235. The third-order valence-electron chi connectivity index (χ3n) is 3.57. The van der Waals surface area contributed by atoms with Crippen molar-refractivity contribution in [2.24, 2.45) is 0 Å². The normalized spacial score (nSPS) is 10.4. The second-order valence-electron chi connectivity index (χ2n) is 5.16. The number of halogens is 1. The fraction of sp³-hybridized carbons (Fsp3) is 0.111. The molecular formula is C18H16ClN3O2S. The summed E-state index contributed by atoms with van der Waals surface area (Å²) in [6.07, 6.45) is 0. The lowest BCUT2D eigenvalue weighted by atomic mass is 10.1. The van der Waals surface area contributed by atoms with Gasteiger partial charge in [-0.1, -0.05) is 11.6 Å². The van der Waals surface area contributed by atoms with E-state index in [1.54, 1.807) is 31.4 Å². The van der Waals surface area contributed by atoms with Gasteiger partial charge in [0.1, 0.15) is 5.75 Å². The van der Waals surface area contributed by atoms with Crippen molar-refractivity contribution >= 4 is 39.7 Å². The molecule has 2 N–H and O–H groups in total. The summed E-state index contributed by atoms with van der Waals surface area (Å²) in [5.74, 6) is 0.344. The van der Waals surface area contributed by atoms with E-state index in [-0.39, 0.29) is 5.91 Å². The van der Waals surface area contributed by atoms with Gasteiger partial charge in [-0.05, 0) is 42.5 Å². The van der Waals surface area contributed by atoms with Gasteiger partial charge in [-0.2, -0.15) is 0 Å². The Morgan fingerprint density at radius 3 is 2.60 bits per heavy atom. The lowest BCUT2D eigenvalue weighted by molar-refractivity contribution is 0.102. The monoisotopic (exact) mass is 373 g/mol. The number of aromatic nitrogens is 1. The molecule has 0 aliphatic heterocycles. The van der Waals surface area contributed by atoms with E-state index < -0.39 is 0 Å². The molecule has 0 radical (unpaired) electrons. The average Bonchev–Trinajstić information content (AvgIpc) is 3.11. The van der Waals surface area contributed by atoms with E-state index in [1.807, 2.05) is 30.6 Å². The highest BCUT2D eigenvalue weighted by molar-refractivity contribution is 7.14. The van der Waals surface area contributed by atoms with Crippen LogP contribution in [0.15, 0.2) is 47.8 Å². The smallest absolute Gasteiger partial charge is 0.255 e. The molecule has 5 nitrogen and oxygen atoms in total. The molecule has 0 saturated carbocycles. The first-order valence-electron chi connectivity index (χ1n) is 7.49. The number of carbonyl (C=O) groups excluding carboxylic acids is 1. The Balaban J connectivity index is 1.89. The molecule has 1 heterocycles. The summed E-state index contributed by atoms with van der Waals surface area (Å²) in [5, 5.41) is 9.27. The number of nitrogens with one attached hydrogen (secondary N) is 2. The molecule has 0 fully saturated rings. The molecule has 128 valence electrons. The Kier molecular flexibility index (Phi) is 5.21. The van der Waals surface area contributed by atoms with Crippen LogP contribution in [-0.4, -0.2) is 25.0 Å². The summed E-state index contributed by atoms with van der Waals surface area (Å²) < 4.78 is 5.35. The molecule has 25 heavy (non-hydrogen) atoms. The molecule has 3 aromatic rings. The molecule has 3 rings (SSSR count). The Hall–Kier alpha value is -2.57. The van der Waals surface area contributed by atoms with Crippen LogP contribution in [0, 0.1) is 0 Å². The lowest BCUT2D eigenvalue weighted by Gasteiger charge is -2.11. The van der Waals surface area contributed by atoms with E-state index in [4.69, 9.17) is 16.3 Å². The summed E-state index contributed by atoms with van der Waals surface area (Å²) in [4.78, 5) is 16.9. The first-order chi connectivity index (χ1) is 12.1. The largest absolute Gasteiger partial charge is 0.495 e. The van der Waals surface area contributed by atoms with E-state index in [0.29, 0.717) is 22.0 Å². The first-order valence-corrected chi connectivity index (χ1v) is 8.75. The van der Waals surface area contributed by atoms with Crippen LogP contribution in [-0.2, 0) is 0 Å². The fourth-order valence-corrected chi connectivity index (χ4v) is 3.09. The minimum atomic E-state index is -0.235. The van der Waals surface area contributed by atoms with Gasteiger partial charge in [-0.25, -0.2) is 4.98 Å². The Bertz CT molecular complexity index is 894. The molecule has 0 unspecified atom stereocenters. The van der Waals surface area contributed by atoms with Gasteiger partial charge in [0, 0.05) is 28.6 Å². The highest BCUT2D eigenvalue weighted by atomic mass is 35.5. The molecule has 1 aromatic heterocycles. The number of nitrogens with zero attached hydrogens (tertiary/aromatic N) is 1. The number of ether oxygens (including phenoxy) is 1. The van der Waals surface area contributed by atoms with Gasteiger partial charge in [0.25, 0.3) is 5.91 Å². The zero-order valence-electron chi connectivity index (χ0n) is 13.7. The van der Waals surface area contributed by atoms with Crippen LogP contribution < -0.4 is 15.4 Å². The molecular weight excluding hydrogens is 358 g/mol. The zero-order chi connectivity index (χ0) is 17.8. The van der Waals surface area contributed by atoms with Crippen molar-refractivity contribution in [3.8, 4) is 17.0 Å². The first kappa shape index (κ1) is 17.3. The Labute approximate surface area is 154 Å². The van der Waals surface area contributed by atoms with E-state index in [0.717, 1.165) is 16.4 Å². The lowest BCUT2D eigenvalue weighted by Crippen LogP contribution is -2.12. The molecule has 0 aliphatic carbocycles. The molecule has 2 aromatic carbocycles. The van der Waals surface area contributed by atoms with Gasteiger partial charge in [-0.3, -0.25) is 4.79 Å². The summed E-state index contributed by atoms with van der Waals surface area (Å²) in [6.45, 7) is 0. The second kappa shape index (κ2) is 7.55. The fourth-order valence-electron chi connectivity index (χ4n) is 2.28. The number of rotatable bonds is 5. The standard InChI is InChI=1S/C18H16ClN3O2S/c1-20-18-22-15(10-25-18)12-5-8-16(24-2)14(9-12)21-17(23)11-3-6-13(19)7-4-11/h3-10H,1-2H3,(H,20,22)(H,21,23). The van der Waals surface area contributed by atoms with Crippen molar-refractivity contribution in [3.63, 3.8) is 0 Å². The van der Waals surface area contributed by atoms with Crippen LogP contribution in [0.5, 0.6) is 5.75 Å². The van der Waals surface area contributed by atoms with Crippen molar-refractivity contribution in [1.29, 1.82) is 0 Å². The van der Waals surface area contributed by atoms with Crippen LogP contribution >= 0.6 is 22.9 Å². The van der Waals surface area contributed by atoms with Gasteiger partial charge in [0.05, 0.1) is 18.5 Å². The molecule has 0 spiro atoms. The zero-order valence-corrected chi connectivity index (χ0v) is 15.2. The van der Waals surface area contributed by atoms with E-state index in [2.05, 4.69) is 15.6 Å². The van der Waals surface area contributed by atoms with Crippen molar-refractivity contribution in [1.82, 2.24) is 4.98 Å². The number of anilines is 2. The molecule has 0 bridgehead atoms. The number of thiazole rings is 1. The van der Waals surface area contributed by atoms with Crippen LogP contribution in [0.25, 0.3) is 11.3 Å². The van der Waals surface area contributed by atoms with Gasteiger partial charge in [-0.15, -0.1) is 11.3 Å². The molecule has 0 saturated heterocycles. The van der Waals surface area contributed by atoms with Gasteiger partial charge in [0.15, 0.2) is 5.13 Å². The number of carbonyl (C=O) groups is 1. The van der Waals surface area contributed by atoms with E-state index in [1.165, 1.54) is 11.3 Å². The predicted octanol–water partition coefficient (Wildman–Crippen LogP) is 4.77. The van der Waals surface area contributed by atoms with Crippen molar-refractivity contribution in [2.75, 3.05) is 24.8 Å². The quantitative estimate of drug-likeness (QED) is 0.676. The third-order valence-corrected chi connectivity index (χ3v) is 4.68. The summed E-state index contributed by atoms with van der Waals surface area (Å²) in [5.41, 5.74) is 2.82. The Morgan fingerprint density at radius 2 is 1.96 bits per heavy atom. The SMILES string of the molecule is CNc1nc(-c2ccc(OC)c(NC(=O)c3ccc(Cl)cc3)c2)cs1. The average molecular weight is 374 g/mol. The number of hydrogen-bond donors (Lipinski definition) is 2. The highest BCUT2D eigenvalue weighted by Crippen LogP contribution is 2.32. The minimum Gasteiger partial charge on any atom is -0.495 e. The second-order valence-corrected chi connectivity index (χ2v) is 6.46. The maximum atomic E-state index is 12.5.